The van der Waals surface area contributed by atoms with E-state index in [0.717, 1.165) is 16.8 Å². The van der Waals surface area contributed by atoms with Crippen LogP contribution in [0.3, 0.4) is 0 Å². The van der Waals surface area contributed by atoms with Gasteiger partial charge in [-0.2, -0.15) is 0 Å². The monoisotopic (exact) mass is 271 g/mol. The Labute approximate surface area is 118 Å². The zero-order chi connectivity index (χ0) is 14.0. The molecule has 0 unspecified atom stereocenters. The van der Waals surface area contributed by atoms with Crippen LogP contribution in [0.15, 0.2) is 30.5 Å². The standard InChI is InChI=1S/C15H17N3S/c1-9-4-5-12(8-11(9)3)18-15-13(14(16)19)10(2)6-7-17-15/h4-8H,1-3H3,(H2,16,19)(H,17,18). The first-order valence-electron chi connectivity index (χ1n) is 6.08. The van der Waals surface area contributed by atoms with Crippen molar-refractivity contribution in [3.63, 3.8) is 0 Å². The van der Waals surface area contributed by atoms with Crippen LogP contribution < -0.4 is 11.1 Å². The molecule has 3 nitrogen and oxygen atoms in total. The third-order valence-corrected chi connectivity index (χ3v) is 3.38. The van der Waals surface area contributed by atoms with Gasteiger partial charge in [0.25, 0.3) is 0 Å². The Morgan fingerprint density at radius 1 is 1.11 bits per heavy atom. The van der Waals surface area contributed by atoms with E-state index in [-0.39, 0.29) is 0 Å². The van der Waals surface area contributed by atoms with Crippen molar-refractivity contribution >= 4 is 28.7 Å². The van der Waals surface area contributed by atoms with Crippen molar-refractivity contribution in [2.24, 2.45) is 5.73 Å². The second-order valence-electron chi connectivity index (χ2n) is 4.64. The Kier molecular flexibility index (Phi) is 3.81. The Bertz CT molecular complexity index is 635. The summed E-state index contributed by atoms with van der Waals surface area (Å²) < 4.78 is 0. The van der Waals surface area contributed by atoms with Crippen LogP contribution in [0, 0.1) is 20.8 Å². The van der Waals surface area contributed by atoms with Crippen LogP contribution in [0.4, 0.5) is 11.5 Å². The number of benzene rings is 1. The summed E-state index contributed by atoms with van der Waals surface area (Å²) in [7, 11) is 0. The van der Waals surface area contributed by atoms with Crippen molar-refractivity contribution in [2.45, 2.75) is 20.8 Å². The SMILES string of the molecule is Cc1ccc(Nc2nccc(C)c2C(N)=S)cc1C. The number of hydrogen-bond donors (Lipinski definition) is 2. The van der Waals surface area contributed by atoms with Gasteiger partial charge in [0.05, 0.1) is 5.56 Å². The molecule has 1 heterocycles. The molecule has 0 amide bonds. The van der Waals surface area contributed by atoms with Gasteiger partial charge in [0.15, 0.2) is 0 Å². The van der Waals surface area contributed by atoms with E-state index in [4.69, 9.17) is 18.0 Å². The van der Waals surface area contributed by atoms with Gasteiger partial charge < -0.3 is 11.1 Å². The number of thiocarbonyl (C=S) groups is 1. The lowest BCUT2D eigenvalue weighted by Gasteiger charge is -2.13. The number of pyridine rings is 1. The van der Waals surface area contributed by atoms with E-state index < -0.39 is 0 Å². The Morgan fingerprint density at radius 2 is 1.84 bits per heavy atom. The molecule has 0 atom stereocenters. The van der Waals surface area contributed by atoms with Crippen molar-refractivity contribution in [1.29, 1.82) is 0 Å². The molecule has 0 aliphatic rings. The third kappa shape index (κ3) is 2.90. The minimum absolute atomic E-state index is 0.358. The van der Waals surface area contributed by atoms with E-state index in [1.54, 1.807) is 6.20 Å². The second kappa shape index (κ2) is 5.36. The lowest BCUT2D eigenvalue weighted by Crippen LogP contribution is -2.14. The quantitative estimate of drug-likeness (QED) is 0.840. The summed E-state index contributed by atoms with van der Waals surface area (Å²) in [5.74, 6) is 0.704. The summed E-state index contributed by atoms with van der Waals surface area (Å²) in [5.41, 5.74) is 11.1. The first kappa shape index (κ1) is 13.5. The number of aromatic nitrogens is 1. The summed E-state index contributed by atoms with van der Waals surface area (Å²) in [4.78, 5) is 4.69. The summed E-state index contributed by atoms with van der Waals surface area (Å²) in [6.07, 6.45) is 1.75. The molecule has 0 bridgehead atoms. The van der Waals surface area contributed by atoms with Gasteiger partial charge in [0, 0.05) is 11.9 Å². The summed E-state index contributed by atoms with van der Waals surface area (Å²) >= 11 is 5.10. The largest absolute Gasteiger partial charge is 0.389 e. The number of nitrogens with one attached hydrogen (secondary N) is 1. The first-order chi connectivity index (χ1) is 8.99. The van der Waals surface area contributed by atoms with Crippen LogP contribution in [-0.4, -0.2) is 9.97 Å². The molecule has 2 rings (SSSR count). The fraction of sp³-hybridized carbons (Fsp3) is 0.200. The average Bonchev–Trinajstić information content (AvgIpc) is 2.33. The maximum absolute atomic E-state index is 5.77. The fourth-order valence-corrected chi connectivity index (χ4v) is 2.18. The van der Waals surface area contributed by atoms with Gasteiger partial charge in [-0.25, -0.2) is 4.98 Å². The van der Waals surface area contributed by atoms with E-state index in [2.05, 4.69) is 36.3 Å². The van der Waals surface area contributed by atoms with Gasteiger partial charge in [-0.15, -0.1) is 0 Å². The summed E-state index contributed by atoms with van der Waals surface area (Å²) in [6.45, 7) is 6.14. The second-order valence-corrected chi connectivity index (χ2v) is 5.08. The molecule has 98 valence electrons. The van der Waals surface area contributed by atoms with E-state index in [9.17, 15) is 0 Å². The minimum atomic E-state index is 0.358. The zero-order valence-electron chi connectivity index (χ0n) is 11.3. The number of anilines is 2. The molecule has 0 aliphatic carbocycles. The Hall–Kier alpha value is -1.94. The molecule has 0 radical (unpaired) electrons. The van der Waals surface area contributed by atoms with Crippen LogP contribution in [0.2, 0.25) is 0 Å². The highest BCUT2D eigenvalue weighted by atomic mass is 32.1. The highest BCUT2D eigenvalue weighted by Gasteiger charge is 2.10. The molecular formula is C15H17N3S. The summed E-state index contributed by atoms with van der Waals surface area (Å²) in [6, 6.07) is 8.09. The summed E-state index contributed by atoms with van der Waals surface area (Å²) in [5, 5.41) is 3.28. The van der Waals surface area contributed by atoms with Crippen molar-refractivity contribution in [1.82, 2.24) is 4.98 Å². The fourth-order valence-electron chi connectivity index (χ4n) is 1.92. The maximum atomic E-state index is 5.77. The Morgan fingerprint density at radius 3 is 2.47 bits per heavy atom. The predicted octanol–water partition coefficient (Wildman–Crippen LogP) is 3.38. The number of nitrogens with zero attached hydrogens (tertiary/aromatic N) is 1. The van der Waals surface area contributed by atoms with Gasteiger partial charge in [-0.1, -0.05) is 18.3 Å². The van der Waals surface area contributed by atoms with Crippen LogP contribution in [0.5, 0.6) is 0 Å². The molecule has 2 aromatic rings. The number of nitrogens with two attached hydrogens (primary N) is 1. The number of hydrogen-bond acceptors (Lipinski definition) is 3. The van der Waals surface area contributed by atoms with Crippen LogP contribution in [-0.2, 0) is 0 Å². The van der Waals surface area contributed by atoms with Crippen molar-refractivity contribution in [2.75, 3.05) is 5.32 Å². The van der Waals surface area contributed by atoms with Crippen molar-refractivity contribution in [3.8, 4) is 0 Å². The van der Waals surface area contributed by atoms with E-state index in [0.29, 0.717) is 10.8 Å². The molecule has 0 saturated carbocycles. The molecule has 0 spiro atoms. The van der Waals surface area contributed by atoms with Crippen LogP contribution in [0.25, 0.3) is 0 Å². The number of aryl methyl sites for hydroxylation is 3. The average molecular weight is 271 g/mol. The molecule has 0 aliphatic heterocycles. The van der Waals surface area contributed by atoms with E-state index in [1.807, 2.05) is 19.1 Å². The molecule has 19 heavy (non-hydrogen) atoms. The highest BCUT2D eigenvalue weighted by molar-refractivity contribution is 7.80. The lowest BCUT2D eigenvalue weighted by atomic mass is 10.1. The van der Waals surface area contributed by atoms with Gasteiger partial charge in [0.1, 0.15) is 10.8 Å². The van der Waals surface area contributed by atoms with E-state index >= 15 is 0 Å². The molecular weight excluding hydrogens is 254 g/mol. The first-order valence-corrected chi connectivity index (χ1v) is 6.49. The highest BCUT2D eigenvalue weighted by Crippen LogP contribution is 2.22. The third-order valence-electron chi connectivity index (χ3n) is 3.18. The van der Waals surface area contributed by atoms with Gasteiger partial charge in [-0.3, -0.25) is 0 Å². The maximum Gasteiger partial charge on any atom is 0.140 e. The topological polar surface area (TPSA) is 50.9 Å². The number of rotatable bonds is 3. The lowest BCUT2D eigenvalue weighted by molar-refractivity contribution is 1.25. The van der Waals surface area contributed by atoms with Crippen LogP contribution in [0.1, 0.15) is 22.3 Å². The smallest absolute Gasteiger partial charge is 0.140 e. The molecule has 1 aromatic carbocycles. The minimum Gasteiger partial charge on any atom is -0.389 e. The molecule has 0 saturated heterocycles. The van der Waals surface area contributed by atoms with Crippen molar-refractivity contribution in [3.05, 3.63) is 52.7 Å². The van der Waals surface area contributed by atoms with E-state index in [1.165, 1.54) is 11.1 Å². The van der Waals surface area contributed by atoms with Gasteiger partial charge in [0.2, 0.25) is 0 Å². The van der Waals surface area contributed by atoms with Crippen LogP contribution >= 0.6 is 12.2 Å². The van der Waals surface area contributed by atoms with Crippen molar-refractivity contribution < 1.29 is 0 Å². The normalized spacial score (nSPS) is 10.3. The van der Waals surface area contributed by atoms with Gasteiger partial charge >= 0.3 is 0 Å². The molecule has 0 fully saturated rings. The predicted molar refractivity (Wildman–Crippen MR) is 84.1 cm³/mol. The molecule has 1 aromatic heterocycles. The molecule has 4 heteroatoms. The molecule has 3 N–H and O–H groups in total. The zero-order valence-corrected chi connectivity index (χ0v) is 12.1. The van der Waals surface area contributed by atoms with Gasteiger partial charge in [-0.05, 0) is 55.7 Å². The Balaban J connectivity index is 2.40.